The molecule has 0 bridgehead atoms. The summed E-state index contributed by atoms with van der Waals surface area (Å²) in [5.41, 5.74) is 0.606. The van der Waals surface area contributed by atoms with E-state index in [9.17, 15) is 14.3 Å². The van der Waals surface area contributed by atoms with Crippen LogP contribution in [0.3, 0.4) is 0 Å². The molecule has 0 radical (unpaired) electrons. The minimum Gasteiger partial charge on any atom is -0.506 e. The maximum absolute atomic E-state index is 13.8. The molecule has 0 saturated heterocycles. The molecule has 8 nitrogen and oxygen atoms in total. The highest BCUT2D eigenvalue weighted by Gasteiger charge is 2.27. The predicted molar refractivity (Wildman–Crippen MR) is 140 cm³/mol. The topological polar surface area (TPSA) is 102 Å². The molecule has 0 atom stereocenters. The number of aromatic hydroxyl groups is 1. The Morgan fingerprint density at radius 3 is 2.41 bits per heavy atom. The lowest BCUT2D eigenvalue weighted by molar-refractivity contribution is 0.131. The second-order valence-electron chi connectivity index (χ2n) is 7.80. The Morgan fingerprint density at radius 1 is 1.16 bits per heavy atom. The second kappa shape index (κ2) is 12.4. The van der Waals surface area contributed by atoms with E-state index in [1.165, 1.54) is 33.4 Å². The van der Waals surface area contributed by atoms with Crippen molar-refractivity contribution in [2.24, 2.45) is 4.99 Å². The van der Waals surface area contributed by atoms with Gasteiger partial charge in [0.15, 0.2) is 0 Å². The third-order valence-corrected chi connectivity index (χ3v) is 5.75. The molecule has 0 aliphatic heterocycles. The zero-order chi connectivity index (χ0) is 27.1. The molecule has 2 N–H and O–H groups in total. The first-order valence-corrected chi connectivity index (χ1v) is 11.7. The van der Waals surface area contributed by atoms with Gasteiger partial charge in [-0.05, 0) is 36.8 Å². The molecule has 3 aromatic rings. The minimum atomic E-state index is -0.657. The highest BCUT2D eigenvalue weighted by Crippen LogP contribution is 2.44. The van der Waals surface area contributed by atoms with E-state index in [4.69, 9.17) is 30.5 Å². The first kappa shape index (κ1) is 27.8. The number of aromatic amines is 1. The van der Waals surface area contributed by atoms with Gasteiger partial charge in [-0.2, -0.15) is 0 Å². The van der Waals surface area contributed by atoms with E-state index in [1.54, 1.807) is 24.3 Å². The molecule has 1 heterocycles. The lowest BCUT2D eigenvalue weighted by Gasteiger charge is -2.20. The SMILES string of the molecule is C=C(Cc1ccc(Cl)c(F)c1)OC(=NC)c1c(O)c(-c2c(OC)cccc2OC)c(COCC)[nH]c1=O. The van der Waals surface area contributed by atoms with Crippen LogP contribution in [-0.2, 0) is 22.5 Å². The Morgan fingerprint density at radius 2 is 1.84 bits per heavy atom. The first-order chi connectivity index (χ1) is 17.7. The van der Waals surface area contributed by atoms with Crippen LogP contribution in [0.2, 0.25) is 5.02 Å². The molecule has 0 fully saturated rings. The van der Waals surface area contributed by atoms with Gasteiger partial charge >= 0.3 is 0 Å². The van der Waals surface area contributed by atoms with Crippen LogP contribution in [0.5, 0.6) is 17.2 Å². The number of aromatic nitrogens is 1. The minimum absolute atomic E-state index is 0.00438. The molecule has 0 aliphatic rings. The van der Waals surface area contributed by atoms with Gasteiger partial charge < -0.3 is 29.0 Å². The van der Waals surface area contributed by atoms with Gasteiger partial charge in [0, 0.05) is 20.1 Å². The van der Waals surface area contributed by atoms with E-state index in [0.29, 0.717) is 34.9 Å². The smallest absolute Gasteiger partial charge is 0.264 e. The zero-order valence-electron chi connectivity index (χ0n) is 21.0. The summed E-state index contributed by atoms with van der Waals surface area (Å²) in [5.74, 6) is -0.212. The molecule has 37 heavy (non-hydrogen) atoms. The number of nitrogens with zero attached hydrogens (tertiary/aromatic N) is 1. The van der Waals surface area contributed by atoms with Crippen molar-refractivity contribution < 1.29 is 28.4 Å². The van der Waals surface area contributed by atoms with Crippen LogP contribution >= 0.6 is 11.6 Å². The number of allylic oxidation sites excluding steroid dienone is 1. The summed E-state index contributed by atoms with van der Waals surface area (Å²) in [4.78, 5) is 20.0. The van der Waals surface area contributed by atoms with Crippen molar-refractivity contribution in [3.05, 3.63) is 86.8 Å². The van der Waals surface area contributed by atoms with Gasteiger partial charge in [0.2, 0.25) is 5.90 Å². The molecule has 0 saturated carbocycles. The number of nitrogens with one attached hydrogen (secondary N) is 1. The summed E-state index contributed by atoms with van der Waals surface area (Å²) in [6.07, 6.45) is 0.112. The fourth-order valence-electron chi connectivity index (χ4n) is 3.77. The molecular formula is C27H28ClFN2O6. The second-order valence-corrected chi connectivity index (χ2v) is 8.21. The third-order valence-electron chi connectivity index (χ3n) is 5.44. The van der Waals surface area contributed by atoms with Gasteiger partial charge in [-0.3, -0.25) is 9.79 Å². The lowest BCUT2D eigenvalue weighted by atomic mass is 9.98. The standard InChI is InChI=1S/C27H28ClFN2O6/c1-6-36-14-19-22(23-20(34-4)8-7-9-21(23)35-5)25(32)24(26(33)31-19)27(30-3)37-15(2)12-16-10-11-17(28)18(29)13-16/h7-11,13H,2,6,12,14H2,1,3-5H3,(H2,31,32,33). The van der Waals surface area contributed by atoms with Crippen molar-refractivity contribution in [1.82, 2.24) is 4.98 Å². The van der Waals surface area contributed by atoms with Crippen LogP contribution in [0.15, 0.2) is 58.5 Å². The molecule has 0 amide bonds. The summed E-state index contributed by atoms with van der Waals surface area (Å²) in [7, 11) is 4.37. The van der Waals surface area contributed by atoms with Gasteiger partial charge in [-0.25, -0.2) is 4.39 Å². The van der Waals surface area contributed by atoms with E-state index in [2.05, 4.69) is 16.6 Å². The molecule has 1 aromatic heterocycles. The summed E-state index contributed by atoms with van der Waals surface area (Å²) >= 11 is 5.75. The predicted octanol–water partition coefficient (Wildman–Crippen LogP) is 5.24. The largest absolute Gasteiger partial charge is 0.506 e. The van der Waals surface area contributed by atoms with Crippen LogP contribution < -0.4 is 15.0 Å². The molecule has 0 unspecified atom stereocenters. The number of hydrogen-bond donors (Lipinski definition) is 2. The van der Waals surface area contributed by atoms with E-state index >= 15 is 0 Å². The number of aliphatic imine (C=N–C) groups is 1. The number of halogens is 2. The molecule has 10 heteroatoms. The Hall–Kier alpha value is -3.82. The monoisotopic (exact) mass is 530 g/mol. The van der Waals surface area contributed by atoms with E-state index in [1.807, 2.05) is 6.92 Å². The molecular weight excluding hydrogens is 503 g/mol. The summed E-state index contributed by atoms with van der Waals surface area (Å²) in [6, 6.07) is 9.45. The summed E-state index contributed by atoms with van der Waals surface area (Å²) in [6.45, 7) is 6.05. The Balaban J connectivity index is 2.11. The first-order valence-electron chi connectivity index (χ1n) is 11.3. The van der Waals surface area contributed by atoms with Crippen LogP contribution in [0.1, 0.15) is 23.7 Å². The van der Waals surface area contributed by atoms with Gasteiger partial charge in [0.1, 0.15) is 34.4 Å². The van der Waals surface area contributed by atoms with Crippen molar-refractivity contribution in [2.45, 2.75) is 20.0 Å². The Labute approximate surface area is 218 Å². The third kappa shape index (κ3) is 6.12. The molecule has 3 rings (SSSR count). The normalized spacial score (nSPS) is 11.4. The number of pyridine rings is 1. The number of hydrogen-bond acceptors (Lipinski definition) is 7. The highest BCUT2D eigenvalue weighted by atomic mass is 35.5. The Kier molecular flexibility index (Phi) is 9.32. The van der Waals surface area contributed by atoms with Gasteiger partial charge in [-0.1, -0.05) is 30.3 Å². The van der Waals surface area contributed by atoms with Gasteiger partial charge in [0.05, 0.1) is 42.7 Å². The van der Waals surface area contributed by atoms with Crippen molar-refractivity contribution in [2.75, 3.05) is 27.9 Å². The number of H-pyrrole nitrogens is 1. The number of rotatable bonds is 10. The van der Waals surface area contributed by atoms with Crippen LogP contribution in [0.25, 0.3) is 11.1 Å². The van der Waals surface area contributed by atoms with Crippen molar-refractivity contribution >= 4 is 17.5 Å². The maximum Gasteiger partial charge on any atom is 0.264 e. The maximum atomic E-state index is 13.8. The average molecular weight is 531 g/mol. The van der Waals surface area contributed by atoms with E-state index < -0.39 is 17.1 Å². The van der Waals surface area contributed by atoms with E-state index in [0.717, 1.165) is 0 Å². The van der Waals surface area contributed by atoms with Crippen molar-refractivity contribution in [1.29, 1.82) is 0 Å². The summed E-state index contributed by atoms with van der Waals surface area (Å²) in [5, 5.41) is 11.5. The van der Waals surface area contributed by atoms with Gasteiger partial charge in [0.25, 0.3) is 5.56 Å². The number of ether oxygens (including phenoxy) is 4. The van der Waals surface area contributed by atoms with Crippen molar-refractivity contribution in [3.8, 4) is 28.4 Å². The molecule has 0 aliphatic carbocycles. The Bertz CT molecular complexity index is 1360. The quantitative estimate of drug-likeness (QED) is 0.211. The molecule has 2 aromatic carbocycles. The van der Waals surface area contributed by atoms with Gasteiger partial charge in [-0.15, -0.1) is 0 Å². The van der Waals surface area contributed by atoms with Crippen molar-refractivity contribution in [3.63, 3.8) is 0 Å². The highest BCUT2D eigenvalue weighted by molar-refractivity contribution is 6.30. The van der Waals surface area contributed by atoms with Crippen LogP contribution in [0.4, 0.5) is 4.39 Å². The molecule has 0 spiro atoms. The zero-order valence-corrected chi connectivity index (χ0v) is 21.7. The molecule has 196 valence electrons. The number of benzene rings is 2. The van der Waals surface area contributed by atoms with E-state index in [-0.39, 0.29) is 40.8 Å². The fourth-order valence-corrected chi connectivity index (χ4v) is 3.89. The van der Waals surface area contributed by atoms with Crippen LogP contribution in [0, 0.1) is 5.82 Å². The number of methoxy groups -OCH3 is 2. The lowest BCUT2D eigenvalue weighted by Crippen LogP contribution is -2.23. The fraction of sp³-hybridized carbons (Fsp3) is 0.259. The average Bonchev–Trinajstić information content (AvgIpc) is 2.88. The van der Waals surface area contributed by atoms with Crippen LogP contribution in [-0.4, -0.2) is 43.9 Å². The summed E-state index contributed by atoms with van der Waals surface area (Å²) < 4.78 is 36.2.